The Hall–Kier alpha value is -1.48. The molecular weight excluding hydrogens is 366 g/mol. The molecule has 0 fully saturated rings. The van der Waals surface area contributed by atoms with Gasteiger partial charge in [-0.05, 0) is 31.9 Å². The zero-order valence-electron chi connectivity index (χ0n) is 7.77. The van der Waals surface area contributed by atoms with Crippen molar-refractivity contribution in [3.05, 3.63) is 25.9 Å². The minimum atomic E-state index is -1.53. The summed E-state index contributed by atoms with van der Waals surface area (Å²) in [6, 6.07) is 0. The molecule has 0 aliphatic heterocycles. The van der Waals surface area contributed by atoms with E-state index in [2.05, 4.69) is 36.8 Å². The van der Waals surface area contributed by atoms with Crippen LogP contribution in [-0.2, 0) is 0 Å². The van der Waals surface area contributed by atoms with Crippen LogP contribution in [0.2, 0.25) is 0 Å². The molecule has 3 N–H and O–H groups in total. The molecule has 7 nitrogen and oxygen atoms in total. The predicted octanol–water partition coefficient (Wildman–Crippen LogP) is 1.70. The van der Waals surface area contributed by atoms with Crippen LogP contribution in [0.4, 0.5) is 0 Å². The molecule has 0 atom stereocenters. The molecule has 9 heteroatoms. The van der Waals surface area contributed by atoms with Gasteiger partial charge in [0.15, 0.2) is 11.4 Å². The maximum atomic E-state index is 10.9. The van der Waals surface area contributed by atoms with Crippen LogP contribution < -0.4 is 0 Å². The van der Waals surface area contributed by atoms with E-state index in [-0.39, 0.29) is 8.95 Å². The van der Waals surface area contributed by atoms with E-state index in [1.165, 1.54) is 0 Å². The molecule has 1 heterocycles. The van der Waals surface area contributed by atoms with Crippen LogP contribution in [0.1, 0.15) is 31.3 Å². The Labute approximate surface area is 110 Å². The molecule has 17 heavy (non-hydrogen) atoms. The van der Waals surface area contributed by atoms with E-state index in [0.29, 0.717) is 0 Å². The van der Waals surface area contributed by atoms with Gasteiger partial charge in [0, 0.05) is 0 Å². The van der Waals surface area contributed by atoms with Gasteiger partial charge in [0.05, 0.1) is 14.5 Å². The largest absolute Gasteiger partial charge is 0.478 e. The standard InChI is InChI=1S/C8H3Br2NO6/c9-2-1(6(12)13)3(10)5(8(16)17)11-4(2)7(14)15/h(H,12,13)(H,14,15)(H,16,17). The summed E-state index contributed by atoms with van der Waals surface area (Å²) in [7, 11) is 0. The number of carbonyl (C=O) groups is 3. The number of carboxylic acids is 3. The summed E-state index contributed by atoms with van der Waals surface area (Å²) in [5.41, 5.74) is -1.86. The van der Waals surface area contributed by atoms with Gasteiger partial charge in [0.25, 0.3) is 0 Å². The normalized spacial score (nSPS) is 10.0. The molecule has 0 amide bonds. The third-order valence-electron chi connectivity index (χ3n) is 1.70. The Balaban J connectivity index is 3.76. The van der Waals surface area contributed by atoms with Gasteiger partial charge in [-0.1, -0.05) is 0 Å². The van der Waals surface area contributed by atoms with Crippen molar-refractivity contribution < 1.29 is 29.7 Å². The van der Waals surface area contributed by atoms with Gasteiger partial charge in [0.1, 0.15) is 0 Å². The van der Waals surface area contributed by atoms with Crippen LogP contribution in [0.25, 0.3) is 0 Å². The van der Waals surface area contributed by atoms with E-state index in [0.717, 1.165) is 0 Å². The molecular formula is C8H3Br2NO6. The van der Waals surface area contributed by atoms with Crippen molar-refractivity contribution in [2.24, 2.45) is 0 Å². The Kier molecular flexibility index (Phi) is 3.83. The van der Waals surface area contributed by atoms with Crippen molar-refractivity contribution >= 4 is 49.8 Å². The van der Waals surface area contributed by atoms with Crippen molar-refractivity contribution in [3.63, 3.8) is 0 Å². The molecule has 0 bridgehead atoms. The van der Waals surface area contributed by atoms with Gasteiger partial charge in [-0.3, -0.25) is 0 Å². The van der Waals surface area contributed by atoms with Crippen LogP contribution in [0.5, 0.6) is 0 Å². The zero-order valence-corrected chi connectivity index (χ0v) is 10.9. The van der Waals surface area contributed by atoms with Gasteiger partial charge in [-0.25, -0.2) is 19.4 Å². The molecule has 0 aliphatic rings. The summed E-state index contributed by atoms with van der Waals surface area (Å²) in [6.07, 6.45) is 0. The first-order valence-corrected chi connectivity index (χ1v) is 5.44. The molecule has 1 rings (SSSR count). The first-order chi connectivity index (χ1) is 7.77. The molecule has 0 unspecified atom stereocenters. The van der Waals surface area contributed by atoms with Crippen molar-refractivity contribution in [3.8, 4) is 0 Å². The highest BCUT2D eigenvalue weighted by Gasteiger charge is 2.27. The van der Waals surface area contributed by atoms with E-state index in [1.54, 1.807) is 0 Å². The van der Waals surface area contributed by atoms with Crippen molar-refractivity contribution in [2.45, 2.75) is 0 Å². The quantitative estimate of drug-likeness (QED) is 0.741. The zero-order chi connectivity index (χ0) is 13.3. The summed E-state index contributed by atoms with van der Waals surface area (Å²) in [6.45, 7) is 0. The summed E-state index contributed by atoms with van der Waals surface area (Å²) in [4.78, 5) is 35.9. The average Bonchev–Trinajstić information content (AvgIpc) is 2.15. The molecule has 0 saturated carbocycles. The second kappa shape index (κ2) is 4.80. The Morgan fingerprint density at radius 1 is 0.824 bits per heavy atom. The number of aromatic carboxylic acids is 3. The minimum absolute atomic E-state index is 0.297. The maximum Gasteiger partial charge on any atom is 0.355 e. The molecule has 0 aliphatic carbocycles. The van der Waals surface area contributed by atoms with E-state index in [9.17, 15) is 14.4 Å². The summed E-state index contributed by atoms with van der Waals surface area (Å²) >= 11 is 5.54. The smallest absolute Gasteiger partial charge is 0.355 e. The first-order valence-electron chi connectivity index (χ1n) is 3.86. The van der Waals surface area contributed by atoms with Gasteiger partial charge in [-0.15, -0.1) is 0 Å². The van der Waals surface area contributed by atoms with E-state index >= 15 is 0 Å². The van der Waals surface area contributed by atoms with E-state index in [1.807, 2.05) is 0 Å². The highest BCUT2D eigenvalue weighted by molar-refractivity contribution is 9.11. The Morgan fingerprint density at radius 2 is 1.18 bits per heavy atom. The molecule has 0 saturated heterocycles. The molecule has 1 aromatic rings. The molecule has 0 radical (unpaired) electrons. The Morgan fingerprint density at radius 3 is 1.41 bits per heavy atom. The van der Waals surface area contributed by atoms with E-state index < -0.39 is 34.9 Å². The van der Waals surface area contributed by atoms with Gasteiger partial charge in [0.2, 0.25) is 0 Å². The van der Waals surface area contributed by atoms with Gasteiger partial charge >= 0.3 is 17.9 Å². The van der Waals surface area contributed by atoms with Crippen molar-refractivity contribution in [1.82, 2.24) is 4.98 Å². The molecule has 1 aromatic heterocycles. The number of halogens is 2. The third-order valence-corrected chi connectivity index (χ3v) is 3.24. The topological polar surface area (TPSA) is 125 Å². The van der Waals surface area contributed by atoms with Crippen LogP contribution in [0.3, 0.4) is 0 Å². The number of nitrogens with zero attached hydrogens (tertiary/aromatic N) is 1. The lowest BCUT2D eigenvalue weighted by atomic mass is 10.2. The lowest BCUT2D eigenvalue weighted by Gasteiger charge is -2.08. The monoisotopic (exact) mass is 367 g/mol. The SMILES string of the molecule is O=C(O)c1nc(C(=O)O)c(Br)c(C(=O)O)c1Br. The van der Waals surface area contributed by atoms with Crippen LogP contribution in [0, 0.1) is 0 Å². The lowest BCUT2D eigenvalue weighted by molar-refractivity contribution is 0.0683. The van der Waals surface area contributed by atoms with E-state index in [4.69, 9.17) is 15.3 Å². The second-order valence-electron chi connectivity index (χ2n) is 2.73. The van der Waals surface area contributed by atoms with Gasteiger partial charge in [-0.2, -0.15) is 0 Å². The highest BCUT2D eigenvalue weighted by Crippen LogP contribution is 2.30. The maximum absolute atomic E-state index is 10.9. The second-order valence-corrected chi connectivity index (χ2v) is 4.31. The van der Waals surface area contributed by atoms with Crippen LogP contribution >= 0.6 is 31.9 Å². The summed E-state index contributed by atoms with van der Waals surface area (Å²) in [5.74, 6) is -4.54. The first kappa shape index (κ1) is 13.6. The number of aromatic nitrogens is 1. The predicted molar refractivity (Wildman–Crippen MR) is 60.5 cm³/mol. The van der Waals surface area contributed by atoms with Crippen molar-refractivity contribution in [1.29, 1.82) is 0 Å². The number of pyridine rings is 1. The van der Waals surface area contributed by atoms with Crippen LogP contribution in [0.15, 0.2) is 8.95 Å². The average molecular weight is 369 g/mol. The Bertz CT molecular complexity index is 503. The molecule has 0 aromatic carbocycles. The van der Waals surface area contributed by atoms with Crippen molar-refractivity contribution in [2.75, 3.05) is 0 Å². The van der Waals surface area contributed by atoms with Gasteiger partial charge < -0.3 is 15.3 Å². The number of rotatable bonds is 3. The minimum Gasteiger partial charge on any atom is -0.478 e. The molecule has 0 spiro atoms. The summed E-state index contributed by atoms with van der Waals surface area (Å²) in [5, 5.41) is 26.4. The summed E-state index contributed by atoms with van der Waals surface area (Å²) < 4.78 is -0.594. The fraction of sp³-hybridized carbons (Fsp3) is 0. The fourth-order valence-electron chi connectivity index (χ4n) is 1.01. The number of hydrogen-bond donors (Lipinski definition) is 3. The third kappa shape index (κ3) is 2.44. The number of carboxylic acid groups (broad SMARTS) is 3. The number of hydrogen-bond acceptors (Lipinski definition) is 4. The lowest BCUT2D eigenvalue weighted by Crippen LogP contribution is -2.14. The molecule has 90 valence electrons. The highest BCUT2D eigenvalue weighted by atomic mass is 79.9. The fourth-order valence-corrected chi connectivity index (χ4v) is 2.53. The van der Waals surface area contributed by atoms with Crippen LogP contribution in [-0.4, -0.2) is 38.2 Å².